The maximum absolute atomic E-state index is 10.9. The molecule has 5 nitrogen and oxygen atoms in total. The zero-order valence-electron chi connectivity index (χ0n) is 7.26. The second kappa shape index (κ2) is 4.20. The number of hydrogen-bond donors (Lipinski definition) is 4. The highest BCUT2D eigenvalue weighted by Crippen LogP contribution is 1.98. The molecule has 0 bridgehead atoms. The summed E-state index contributed by atoms with van der Waals surface area (Å²) >= 11 is 4.84. The SMILES string of the molecule is CNC(Cc1c[nH]c(=S)[nH]1)C(N)=O. The van der Waals surface area contributed by atoms with E-state index < -0.39 is 0 Å². The van der Waals surface area contributed by atoms with Crippen LogP contribution in [0.4, 0.5) is 0 Å². The molecule has 0 radical (unpaired) electrons. The molecule has 6 heteroatoms. The Morgan fingerprint density at radius 3 is 2.92 bits per heavy atom. The van der Waals surface area contributed by atoms with E-state index in [9.17, 15) is 4.79 Å². The molecule has 0 aliphatic heterocycles. The minimum absolute atomic E-state index is 0.360. The summed E-state index contributed by atoms with van der Waals surface area (Å²) in [5, 5.41) is 2.82. The molecular weight excluding hydrogens is 188 g/mol. The van der Waals surface area contributed by atoms with Crippen molar-refractivity contribution in [3.8, 4) is 0 Å². The highest BCUT2D eigenvalue weighted by molar-refractivity contribution is 7.71. The summed E-state index contributed by atoms with van der Waals surface area (Å²) in [7, 11) is 1.69. The van der Waals surface area contributed by atoms with Crippen LogP contribution in [-0.4, -0.2) is 29.0 Å². The molecule has 13 heavy (non-hydrogen) atoms. The Morgan fingerprint density at radius 1 is 1.85 bits per heavy atom. The van der Waals surface area contributed by atoms with E-state index >= 15 is 0 Å². The van der Waals surface area contributed by atoms with Gasteiger partial charge in [0.2, 0.25) is 5.91 Å². The molecule has 5 N–H and O–H groups in total. The first-order valence-electron chi connectivity index (χ1n) is 3.86. The summed E-state index contributed by atoms with van der Waals surface area (Å²) in [6.07, 6.45) is 2.24. The monoisotopic (exact) mass is 200 g/mol. The van der Waals surface area contributed by atoms with Crippen molar-refractivity contribution in [3.63, 3.8) is 0 Å². The van der Waals surface area contributed by atoms with Crippen molar-refractivity contribution in [2.75, 3.05) is 7.05 Å². The Hall–Kier alpha value is -1.14. The lowest BCUT2D eigenvalue weighted by Crippen LogP contribution is -2.40. The number of aromatic nitrogens is 2. The Labute approximate surface area is 80.7 Å². The van der Waals surface area contributed by atoms with Crippen molar-refractivity contribution in [2.45, 2.75) is 12.5 Å². The third-order valence-electron chi connectivity index (χ3n) is 1.77. The number of nitrogens with two attached hydrogens (primary N) is 1. The third kappa shape index (κ3) is 2.67. The number of nitrogens with one attached hydrogen (secondary N) is 3. The molecule has 1 aromatic heterocycles. The van der Waals surface area contributed by atoms with Crippen molar-refractivity contribution < 1.29 is 4.79 Å². The van der Waals surface area contributed by atoms with Gasteiger partial charge in [0, 0.05) is 18.3 Å². The lowest BCUT2D eigenvalue weighted by Gasteiger charge is -2.09. The number of primary amides is 1. The zero-order chi connectivity index (χ0) is 9.84. The molecule has 1 rings (SSSR count). The normalized spacial score (nSPS) is 12.7. The summed E-state index contributed by atoms with van der Waals surface area (Å²) in [6, 6.07) is -0.360. The molecule has 1 unspecified atom stereocenters. The molecule has 0 saturated carbocycles. The van der Waals surface area contributed by atoms with Crippen LogP contribution in [0.15, 0.2) is 6.20 Å². The standard InChI is InChI=1S/C7H12N4OS/c1-9-5(6(8)12)2-4-3-10-7(13)11-4/h3,5,9H,2H2,1H3,(H2,8,12)(H2,10,11,13). The van der Waals surface area contributed by atoms with Gasteiger partial charge in [-0.1, -0.05) is 0 Å². The van der Waals surface area contributed by atoms with E-state index in [0.717, 1.165) is 5.69 Å². The fourth-order valence-electron chi connectivity index (χ4n) is 1.05. The highest BCUT2D eigenvalue weighted by atomic mass is 32.1. The Balaban J connectivity index is 2.67. The molecule has 1 aromatic rings. The van der Waals surface area contributed by atoms with Gasteiger partial charge in [-0.2, -0.15) is 0 Å². The summed E-state index contributed by atoms with van der Waals surface area (Å²) in [6.45, 7) is 0. The first kappa shape index (κ1) is 9.94. The topological polar surface area (TPSA) is 86.7 Å². The van der Waals surface area contributed by atoms with E-state index in [-0.39, 0.29) is 11.9 Å². The maximum atomic E-state index is 10.9. The molecular formula is C7H12N4OS. The number of imidazole rings is 1. The second-order valence-corrected chi connectivity index (χ2v) is 3.12. The number of amides is 1. The summed E-state index contributed by atoms with van der Waals surface area (Å²) in [4.78, 5) is 16.6. The van der Waals surface area contributed by atoms with Crippen molar-refractivity contribution in [2.24, 2.45) is 5.73 Å². The van der Waals surface area contributed by atoms with Crippen molar-refractivity contribution in [1.29, 1.82) is 0 Å². The Bertz CT molecular complexity index is 342. The first-order valence-corrected chi connectivity index (χ1v) is 4.27. The minimum Gasteiger partial charge on any atom is -0.368 e. The molecule has 1 heterocycles. The van der Waals surface area contributed by atoms with Gasteiger partial charge in [0.25, 0.3) is 0 Å². The van der Waals surface area contributed by atoms with Crippen LogP contribution < -0.4 is 11.1 Å². The van der Waals surface area contributed by atoms with E-state index in [4.69, 9.17) is 18.0 Å². The number of hydrogen-bond acceptors (Lipinski definition) is 3. The van der Waals surface area contributed by atoms with Crippen molar-refractivity contribution in [1.82, 2.24) is 15.3 Å². The smallest absolute Gasteiger partial charge is 0.234 e. The van der Waals surface area contributed by atoms with Gasteiger partial charge in [-0.05, 0) is 19.3 Å². The van der Waals surface area contributed by atoms with Crippen LogP contribution in [0.5, 0.6) is 0 Å². The predicted molar refractivity (Wildman–Crippen MR) is 51.7 cm³/mol. The van der Waals surface area contributed by atoms with Crippen molar-refractivity contribution in [3.05, 3.63) is 16.7 Å². The lowest BCUT2D eigenvalue weighted by atomic mass is 10.1. The van der Waals surface area contributed by atoms with E-state index in [0.29, 0.717) is 11.2 Å². The predicted octanol–water partition coefficient (Wildman–Crippen LogP) is -0.312. The van der Waals surface area contributed by atoms with Gasteiger partial charge in [-0.25, -0.2) is 0 Å². The average Bonchev–Trinajstić information content (AvgIpc) is 2.46. The number of rotatable bonds is 4. The number of H-pyrrole nitrogens is 2. The Morgan fingerprint density at radius 2 is 2.54 bits per heavy atom. The van der Waals surface area contributed by atoms with Gasteiger partial charge < -0.3 is 21.0 Å². The van der Waals surface area contributed by atoms with Crippen molar-refractivity contribution >= 4 is 18.1 Å². The zero-order valence-corrected chi connectivity index (χ0v) is 8.07. The molecule has 0 fully saturated rings. The van der Waals surface area contributed by atoms with E-state index in [1.165, 1.54) is 0 Å². The number of carbonyl (C=O) groups is 1. The fourth-order valence-corrected chi connectivity index (χ4v) is 1.24. The summed E-state index contributed by atoms with van der Waals surface area (Å²) in [5.41, 5.74) is 6.01. The number of likely N-dealkylation sites (N-methyl/N-ethyl adjacent to an activating group) is 1. The van der Waals surface area contributed by atoms with Gasteiger partial charge in [0.05, 0.1) is 6.04 Å². The fraction of sp³-hybridized carbons (Fsp3) is 0.429. The quantitative estimate of drug-likeness (QED) is 0.503. The molecule has 1 atom stereocenters. The van der Waals surface area contributed by atoms with E-state index in [2.05, 4.69) is 15.3 Å². The Kier molecular flexibility index (Phi) is 3.21. The first-order chi connectivity index (χ1) is 6.13. The van der Waals surface area contributed by atoms with Crippen LogP contribution in [-0.2, 0) is 11.2 Å². The lowest BCUT2D eigenvalue weighted by molar-refractivity contribution is -0.119. The summed E-state index contributed by atoms with van der Waals surface area (Å²) < 4.78 is 0.550. The minimum atomic E-state index is -0.372. The van der Waals surface area contributed by atoms with Gasteiger partial charge in [0.15, 0.2) is 4.77 Å². The van der Waals surface area contributed by atoms with Gasteiger partial charge in [-0.15, -0.1) is 0 Å². The van der Waals surface area contributed by atoms with Crippen LogP contribution in [0.25, 0.3) is 0 Å². The maximum Gasteiger partial charge on any atom is 0.234 e. The molecule has 1 amide bonds. The molecule has 0 aliphatic rings. The molecule has 72 valence electrons. The van der Waals surface area contributed by atoms with E-state index in [1.807, 2.05) is 0 Å². The molecule has 0 saturated heterocycles. The molecule has 0 aliphatic carbocycles. The second-order valence-electron chi connectivity index (χ2n) is 2.72. The van der Waals surface area contributed by atoms with Crippen LogP contribution in [0.2, 0.25) is 0 Å². The van der Waals surface area contributed by atoms with Crippen LogP contribution >= 0.6 is 12.2 Å². The van der Waals surface area contributed by atoms with Gasteiger partial charge >= 0.3 is 0 Å². The summed E-state index contributed by atoms with van der Waals surface area (Å²) in [5.74, 6) is -0.372. The van der Waals surface area contributed by atoms with Crippen LogP contribution in [0, 0.1) is 4.77 Å². The van der Waals surface area contributed by atoms with Gasteiger partial charge in [-0.3, -0.25) is 4.79 Å². The van der Waals surface area contributed by atoms with Crippen LogP contribution in [0.3, 0.4) is 0 Å². The van der Waals surface area contributed by atoms with Crippen LogP contribution in [0.1, 0.15) is 5.69 Å². The third-order valence-corrected chi connectivity index (χ3v) is 1.99. The average molecular weight is 200 g/mol. The largest absolute Gasteiger partial charge is 0.368 e. The van der Waals surface area contributed by atoms with E-state index in [1.54, 1.807) is 13.2 Å². The van der Waals surface area contributed by atoms with Gasteiger partial charge in [0.1, 0.15) is 0 Å². The number of carbonyl (C=O) groups excluding carboxylic acids is 1. The number of aromatic amines is 2. The highest BCUT2D eigenvalue weighted by Gasteiger charge is 2.13. The molecule has 0 spiro atoms. The molecule has 0 aromatic carbocycles.